The van der Waals surface area contributed by atoms with Gasteiger partial charge in [0.25, 0.3) is 0 Å². The van der Waals surface area contributed by atoms with Gasteiger partial charge >= 0.3 is 11.9 Å². The summed E-state index contributed by atoms with van der Waals surface area (Å²) >= 11 is 0. The fourth-order valence-electron chi connectivity index (χ4n) is 2.62. The summed E-state index contributed by atoms with van der Waals surface area (Å²) in [5, 5.41) is 8.62. The zero-order valence-corrected chi connectivity index (χ0v) is 18.2. The fourth-order valence-corrected chi connectivity index (χ4v) is 2.62. The molecule has 0 saturated carbocycles. The summed E-state index contributed by atoms with van der Waals surface area (Å²) in [5.41, 5.74) is 23.7. The number of aliphatic carboxylic acids is 1. The number of carboxylic acids is 1. The molecule has 0 unspecified atom stereocenters. The molecule has 32 heavy (non-hydrogen) atoms. The van der Waals surface area contributed by atoms with Gasteiger partial charge in [-0.3, -0.25) is 9.79 Å². The smallest absolute Gasteiger partial charge is 0.328 e. The van der Waals surface area contributed by atoms with E-state index >= 15 is 0 Å². The average molecular weight is 444 g/mol. The minimum absolute atomic E-state index is 0.00383. The molecule has 9 N–H and O–H groups in total. The number of benzene rings is 2. The third-order valence-electron chi connectivity index (χ3n) is 4.32. The third kappa shape index (κ3) is 12.3. The van der Waals surface area contributed by atoms with Crippen LogP contribution in [-0.2, 0) is 22.4 Å². The first-order chi connectivity index (χ1) is 15.3. The molecule has 0 heterocycles. The van der Waals surface area contributed by atoms with Crippen molar-refractivity contribution < 1.29 is 19.4 Å². The molecular weight excluding hydrogens is 410 g/mol. The second-order valence-electron chi connectivity index (χ2n) is 7.04. The molecule has 2 aromatic rings. The van der Waals surface area contributed by atoms with Gasteiger partial charge in [-0.1, -0.05) is 42.5 Å². The SMILES string of the molecule is NC(N)=NCCC[C@@H](N)C(=O)Oc1ccc(CCC(=O)O)cc1.NCCc1ccccc1. The lowest BCUT2D eigenvalue weighted by Gasteiger charge is -2.11. The maximum absolute atomic E-state index is 11.8. The third-order valence-corrected chi connectivity index (χ3v) is 4.32. The predicted octanol–water partition coefficient (Wildman–Crippen LogP) is 1.18. The molecule has 0 bridgehead atoms. The van der Waals surface area contributed by atoms with Crippen LogP contribution in [0, 0.1) is 0 Å². The number of nitrogens with two attached hydrogens (primary N) is 4. The Kier molecular flexibility index (Phi) is 12.8. The van der Waals surface area contributed by atoms with Gasteiger partial charge in [-0.05, 0) is 55.5 Å². The van der Waals surface area contributed by atoms with E-state index in [1.807, 2.05) is 18.2 Å². The van der Waals surface area contributed by atoms with Gasteiger partial charge in [-0.25, -0.2) is 4.79 Å². The Labute approximate surface area is 188 Å². The minimum Gasteiger partial charge on any atom is -0.481 e. The van der Waals surface area contributed by atoms with Crippen LogP contribution in [0.2, 0.25) is 0 Å². The second kappa shape index (κ2) is 15.4. The molecule has 2 aromatic carbocycles. The topological polar surface area (TPSA) is 180 Å². The first kappa shape index (κ1) is 26.6. The molecule has 1 atom stereocenters. The Morgan fingerprint density at radius 3 is 2.16 bits per heavy atom. The van der Waals surface area contributed by atoms with Crippen LogP contribution in [0.1, 0.15) is 30.4 Å². The number of ether oxygens (including phenoxy) is 1. The first-order valence-electron chi connectivity index (χ1n) is 10.4. The normalized spacial score (nSPS) is 10.9. The molecule has 0 amide bonds. The number of carboxylic acid groups (broad SMARTS) is 1. The van der Waals surface area contributed by atoms with Crippen LogP contribution >= 0.6 is 0 Å². The minimum atomic E-state index is -0.854. The van der Waals surface area contributed by atoms with Crippen LogP contribution in [0.25, 0.3) is 0 Å². The van der Waals surface area contributed by atoms with Gasteiger partial charge in [-0.15, -0.1) is 0 Å². The van der Waals surface area contributed by atoms with Gasteiger partial charge in [0.15, 0.2) is 5.96 Å². The van der Waals surface area contributed by atoms with Crippen molar-refractivity contribution in [2.24, 2.45) is 27.9 Å². The molecule has 2 rings (SSSR count). The van der Waals surface area contributed by atoms with Crippen molar-refractivity contribution in [3.63, 3.8) is 0 Å². The van der Waals surface area contributed by atoms with Gasteiger partial charge in [0.1, 0.15) is 11.8 Å². The Hall–Kier alpha value is -3.43. The summed E-state index contributed by atoms with van der Waals surface area (Å²) < 4.78 is 5.17. The van der Waals surface area contributed by atoms with Crippen molar-refractivity contribution in [2.75, 3.05) is 13.1 Å². The van der Waals surface area contributed by atoms with Crippen LogP contribution in [0.5, 0.6) is 5.75 Å². The van der Waals surface area contributed by atoms with Crippen molar-refractivity contribution in [1.29, 1.82) is 0 Å². The average Bonchev–Trinajstić information content (AvgIpc) is 2.77. The number of carbonyl (C=O) groups is 2. The van der Waals surface area contributed by atoms with Crippen LogP contribution in [-0.4, -0.2) is 42.1 Å². The van der Waals surface area contributed by atoms with Crippen LogP contribution in [0.3, 0.4) is 0 Å². The van der Waals surface area contributed by atoms with E-state index < -0.39 is 18.0 Å². The van der Waals surface area contributed by atoms with Gasteiger partial charge < -0.3 is 32.8 Å². The van der Waals surface area contributed by atoms with E-state index in [-0.39, 0.29) is 12.4 Å². The van der Waals surface area contributed by atoms with E-state index in [9.17, 15) is 9.59 Å². The highest BCUT2D eigenvalue weighted by Crippen LogP contribution is 2.14. The number of guanidine groups is 1. The Morgan fingerprint density at radius 1 is 0.969 bits per heavy atom. The summed E-state index contributed by atoms with van der Waals surface area (Å²) in [5.74, 6) is -1.02. The number of aryl methyl sites for hydroxylation is 1. The molecule has 0 saturated heterocycles. The number of hydrogen-bond donors (Lipinski definition) is 5. The Balaban J connectivity index is 0.000000471. The van der Waals surface area contributed by atoms with Gasteiger partial charge in [0.05, 0.1) is 0 Å². The highest BCUT2D eigenvalue weighted by molar-refractivity contribution is 5.78. The number of aliphatic imine (C=N–C) groups is 1. The van der Waals surface area contributed by atoms with Crippen LogP contribution in [0.4, 0.5) is 0 Å². The lowest BCUT2D eigenvalue weighted by Crippen LogP contribution is -2.34. The maximum Gasteiger partial charge on any atom is 0.328 e. The molecular formula is C23H33N5O4. The molecule has 0 fully saturated rings. The van der Waals surface area contributed by atoms with Crippen molar-refractivity contribution in [1.82, 2.24) is 0 Å². The van der Waals surface area contributed by atoms with Crippen LogP contribution in [0.15, 0.2) is 59.6 Å². The van der Waals surface area contributed by atoms with Gasteiger partial charge in [-0.2, -0.15) is 0 Å². The van der Waals surface area contributed by atoms with Crippen molar-refractivity contribution in [2.45, 2.75) is 38.1 Å². The molecule has 0 aliphatic rings. The monoisotopic (exact) mass is 443 g/mol. The van der Waals surface area contributed by atoms with Crippen LogP contribution < -0.4 is 27.7 Å². The summed E-state index contributed by atoms with van der Waals surface area (Å²) in [7, 11) is 0. The summed E-state index contributed by atoms with van der Waals surface area (Å²) in [6, 6.07) is 16.2. The molecule has 0 radical (unpaired) electrons. The Morgan fingerprint density at radius 2 is 1.59 bits per heavy atom. The Bertz CT molecular complexity index is 837. The molecule has 9 nitrogen and oxygen atoms in total. The molecule has 9 heteroatoms. The highest BCUT2D eigenvalue weighted by Gasteiger charge is 2.15. The lowest BCUT2D eigenvalue weighted by molar-refractivity contribution is -0.137. The zero-order chi connectivity index (χ0) is 23.8. The zero-order valence-electron chi connectivity index (χ0n) is 18.2. The number of hydrogen-bond acceptors (Lipinski definition) is 6. The lowest BCUT2D eigenvalue weighted by atomic mass is 10.1. The number of carbonyl (C=O) groups excluding carboxylic acids is 1. The molecule has 0 spiro atoms. The summed E-state index contributed by atoms with van der Waals surface area (Å²) in [6.45, 7) is 1.14. The molecule has 0 aromatic heterocycles. The number of rotatable bonds is 11. The molecule has 0 aliphatic heterocycles. The van der Waals surface area contributed by atoms with E-state index in [0.717, 1.165) is 18.5 Å². The number of nitrogens with zero attached hydrogens (tertiary/aromatic N) is 1. The highest BCUT2D eigenvalue weighted by atomic mass is 16.5. The van der Waals surface area contributed by atoms with Crippen molar-refractivity contribution >= 4 is 17.9 Å². The van der Waals surface area contributed by atoms with E-state index in [0.29, 0.717) is 31.6 Å². The van der Waals surface area contributed by atoms with E-state index in [1.165, 1.54) is 5.56 Å². The quantitative estimate of drug-likeness (QED) is 0.113. The summed E-state index contributed by atoms with van der Waals surface area (Å²) in [4.78, 5) is 26.1. The molecule has 0 aliphatic carbocycles. The largest absolute Gasteiger partial charge is 0.481 e. The van der Waals surface area contributed by atoms with Crippen molar-refractivity contribution in [3.05, 3.63) is 65.7 Å². The second-order valence-corrected chi connectivity index (χ2v) is 7.04. The standard InChI is InChI=1S/C15H22N4O4.C8H11N/c16-12(2-1-9-19-15(17)18)14(22)23-11-6-3-10(4-7-11)5-8-13(20)21;9-7-6-8-4-2-1-3-5-8/h3-4,6-7,12H,1-2,5,8-9,16H2,(H,20,21)(H4,17,18,19);1-5H,6-7,9H2/t12-;/m1./s1. The van der Waals surface area contributed by atoms with Crippen molar-refractivity contribution in [3.8, 4) is 5.75 Å². The van der Waals surface area contributed by atoms with E-state index in [1.54, 1.807) is 24.3 Å². The van der Waals surface area contributed by atoms with E-state index in [2.05, 4.69) is 17.1 Å². The first-order valence-corrected chi connectivity index (χ1v) is 10.4. The van der Waals surface area contributed by atoms with Gasteiger partial charge in [0, 0.05) is 13.0 Å². The van der Waals surface area contributed by atoms with Gasteiger partial charge in [0.2, 0.25) is 0 Å². The summed E-state index contributed by atoms with van der Waals surface area (Å²) in [6.07, 6.45) is 2.45. The predicted molar refractivity (Wildman–Crippen MR) is 125 cm³/mol. The number of esters is 1. The molecule has 174 valence electrons. The fraction of sp³-hybridized carbons (Fsp3) is 0.348. The van der Waals surface area contributed by atoms with E-state index in [4.69, 9.17) is 32.8 Å². The maximum atomic E-state index is 11.8.